The van der Waals surface area contributed by atoms with Crippen LogP contribution in [0.3, 0.4) is 0 Å². The van der Waals surface area contributed by atoms with Gasteiger partial charge < -0.3 is 14.6 Å². The number of ether oxygens (including phenoxy) is 1. The fourth-order valence-corrected chi connectivity index (χ4v) is 2.88. The van der Waals surface area contributed by atoms with Gasteiger partial charge in [-0.15, -0.1) is 0 Å². The maximum Gasteiger partial charge on any atom is 0.223 e. The average molecular weight is 277 g/mol. The number of nitrogens with zero attached hydrogens (tertiary/aromatic N) is 2. The fraction of sp³-hybridized carbons (Fsp3) is 0.733. The Balaban J connectivity index is 1.50. The van der Waals surface area contributed by atoms with Gasteiger partial charge in [0, 0.05) is 50.0 Å². The lowest BCUT2D eigenvalue weighted by molar-refractivity contribution is -0.128. The molecule has 1 aliphatic heterocycles. The Morgan fingerprint density at radius 2 is 2.25 bits per heavy atom. The van der Waals surface area contributed by atoms with Crippen molar-refractivity contribution in [1.29, 1.82) is 0 Å². The minimum atomic E-state index is 0.148. The van der Waals surface area contributed by atoms with E-state index in [0.29, 0.717) is 0 Å². The summed E-state index contributed by atoms with van der Waals surface area (Å²) in [7, 11) is 0. The second-order valence-corrected chi connectivity index (χ2v) is 6.21. The Morgan fingerprint density at radius 1 is 1.50 bits per heavy atom. The van der Waals surface area contributed by atoms with E-state index in [0.717, 1.165) is 45.0 Å². The van der Waals surface area contributed by atoms with E-state index >= 15 is 0 Å². The van der Waals surface area contributed by atoms with E-state index in [1.165, 1.54) is 12.8 Å². The number of hydrogen-bond donors (Lipinski definition) is 1. The lowest BCUT2D eigenvalue weighted by Crippen LogP contribution is -2.38. The van der Waals surface area contributed by atoms with E-state index in [2.05, 4.69) is 14.9 Å². The third kappa shape index (κ3) is 3.03. The third-order valence-electron chi connectivity index (χ3n) is 4.62. The Labute approximate surface area is 119 Å². The largest absolute Gasteiger partial charge is 0.381 e. The van der Waals surface area contributed by atoms with Gasteiger partial charge in [0.25, 0.3) is 0 Å². The molecule has 1 aliphatic carbocycles. The van der Waals surface area contributed by atoms with Gasteiger partial charge in [-0.2, -0.15) is 0 Å². The number of hydrogen-bond acceptors (Lipinski definition) is 3. The number of carbonyl (C=O) groups excluding carboxylic acids is 1. The molecule has 0 radical (unpaired) electrons. The number of amides is 1. The van der Waals surface area contributed by atoms with Gasteiger partial charge in [0.05, 0.1) is 0 Å². The zero-order chi connectivity index (χ0) is 14.0. The van der Waals surface area contributed by atoms with Gasteiger partial charge in [0.1, 0.15) is 5.82 Å². The van der Waals surface area contributed by atoms with Crippen LogP contribution >= 0.6 is 0 Å². The van der Waals surface area contributed by atoms with E-state index in [1.807, 2.05) is 19.3 Å². The lowest BCUT2D eigenvalue weighted by atomic mass is 9.98. The molecule has 2 aliphatic rings. The van der Waals surface area contributed by atoms with E-state index < -0.39 is 0 Å². The van der Waals surface area contributed by atoms with Gasteiger partial charge in [-0.05, 0) is 32.6 Å². The van der Waals surface area contributed by atoms with E-state index in [4.69, 9.17) is 4.74 Å². The van der Waals surface area contributed by atoms with Crippen LogP contribution in [0.1, 0.15) is 31.5 Å². The Bertz CT molecular complexity index is 473. The summed E-state index contributed by atoms with van der Waals surface area (Å²) in [5.74, 6) is 1.41. The number of carbonyl (C=O) groups is 1. The summed E-state index contributed by atoms with van der Waals surface area (Å²) in [6, 6.07) is 0. The second-order valence-electron chi connectivity index (χ2n) is 6.21. The van der Waals surface area contributed by atoms with Crippen LogP contribution in [0.2, 0.25) is 0 Å². The summed E-state index contributed by atoms with van der Waals surface area (Å²) in [5, 5.41) is 3.16. The summed E-state index contributed by atoms with van der Waals surface area (Å²) in [6.07, 6.45) is 7.97. The summed E-state index contributed by atoms with van der Waals surface area (Å²) < 4.78 is 7.49. The normalized spacial score (nSPS) is 21.6. The molecule has 1 N–H and O–H groups in total. The first-order chi connectivity index (χ1) is 9.69. The molecule has 0 unspecified atom stereocenters. The van der Waals surface area contributed by atoms with Gasteiger partial charge in [0.2, 0.25) is 5.91 Å². The van der Waals surface area contributed by atoms with Crippen molar-refractivity contribution in [3.05, 3.63) is 18.2 Å². The van der Waals surface area contributed by atoms with Crippen LogP contribution in [0, 0.1) is 18.3 Å². The van der Waals surface area contributed by atoms with Crippen molar-refractivity contribution in [1.82, 2.24) is 14.9 Å². The molecule has 0 aromatic carbocycles. The second kappa shape index (κ2) is 5.56. The summed E-state index contributed by atoms with van der Waals surface area (Å²) in [4.78, 5) is 16.4. The molecule has 0 bridgehead atoms. The standard InChI is InChI=1S/C15H23N3O2/c1-12-16-6-7-18(12)11-15(4-5-15)10-17-14(19)13-2-8-20-9-3-13/h6-7,13H,2-5,8-11H2,1H3,(H,17,19). The molecule has 0 atom stereocenters. The van der Waals surface area contributed by atoms with Crippen LogP contribution < -0.4 is 5.32 Å². The molecule has 1 saturated heterocycles. The zero-order valence-corrected chi connectivity index (χ0v) is 12.1. The smallest absolute Gasteiger partial charge is 0.223 e. The minimum absolute atomic E-state index is 0.148. The van der Waals surface area contributed by atoms with E-state index in [-0.39, 0.29) is 17.2 Å². The van der Waals surface area contributed by atoms with E-state index in [1.54, 1.807) is 0 Å². The third-order valence-corrected chi connectivity index (χ3v) is 4.62. The molecule has 2 heterocycles. The van der Waals surface area contributed by atoms with Crippen molar-refractivity contribution in [2.75, 3.05) is 19.8 Å². The molecule has 3 rings (SSSR count). The highest BCUT2D eigenvalue weighted by molar-refractivity contribution is 5.78. The number of aromatic nitrogens is 2. The first-order valence-corrected chi connectivity index (χ1v) is 7.52. The van der Waals surface area contributed by atoms with Gasteiger partial charge in [-0.1, -0.05) is 0 Å². The Hall–Kier alpha value is -1.36. The van der Waals surface area contributed by atoms with Crippen LogP contribution in [-0.2, 0) is 16.1 Å². The quantitative estimate of drug-likeness (QED) is 0.887. The molecule has 1 aromatic heterocycles. The molecular formula is C15H23N3O2. The van der Waals surface area contributed by atoms with Crippen LogP contribution in [0.15, 0.2) is 12.4 Å². The van der Waals surface area contributed by atoms with Crippen LogP contribution in [0.25, 0.3) is 0 Å². The SMILES string of the molecule is Cc1nccn1CC1(CNC(=O)C2CCOCC2)CC1. The Morgan fingerprint density at radius 3 is 2.85 bits per heavy atom. The maximum absolute atomic E-state index is 12.2. The molecule has 1 amide bonds. The highest BCUT2D eigenvalue weighted by Crippen LogP contribution is 2.46. The van der Waals surface area contributed by atoms with Gasteiger partial charge in [0.15, 0.2) is 0 Å². The van der Waals surface area contributed by atoms with E-state index in [9.17, 15) is 4.79 Å². The zero-order valence-electron chi connectivity index (χ0n) is 12.1. The van der Waals surface area contributed by atoms with Crippen LogP contribution in [0.5, 0.6) is 0 Å². The van der Waals surface area contributed by atoms with Crippen LogP contribution in [0.4, 0.5) is 0 Å². The number of nitrogens with one attached hydrogen (secondary N) is 1. The first-order valence-electron chi connectivity index (χ1n) is 7.52. The molecule has 5 heteroatoms. The summed E-state index contributed by atoms with van der Waals surface area (Å²) in [6.45, 7) is 5.22. The van der Waals surface area contributed by atoms with Crippen LogP contribution in [-0.4, -0.2) is 35.2 Å². The topological polar surface area (TPSA) is 56.2 Å². The highest BCUT2D eigenvalue weighted by Gasteiger charge is 2.43. The van der Waals surface area contributed by atoms with Crippen molar-refractivity contribution < 1.29 is 9.53 Å². The maximum atomic E-state index is 12.2. The first kappa shape index (κ1) is 13.6. The lowest BCUT2D eigenvalue weighted by Gasteiger charge is -2.23. The summed E-state index contributed by atoms with van der Waals surface area (Å²) >= 11 is 0. The fourth-order valence-electron chi connectivity index (χ4n) is 2.88. The van der Waals surface area contributed by atoms with Crippen molar-refractivity contribution in [2.24, 2.45) is 11.3 Å². The van der Waals surface area contributed by atoms with Gasteiger partial charge in [-0.3, -0.25) is 4.79 Å². The predicted molar refractivity (Wildman–Crippen MR) is 75.2 cm³/mol. The minimum Gasteiger partial charge on any atom is -0.381 e. The van der Waals surface area contributed by atoms with Crippen molar-refractivity contribution in [2.45, 2.75) is 39.2 Å². The number of imidazole rings is 1. The molecule has 20 heavy (non-hydrogen) atoms. The van der Waals surface area contributed by atoms with Gasteiger partial charge in [-0.25, -0.2) is 4.98 Å². The molecule has 110 valence electrons. The average Bonchev–Trinajstić information content (AvgIpc) is 3.13. The molecule has 1 saturated carbocycles. The predicted octanol–water partition coefficient (Wildman–Crippen LogP) is 1.51. The highest BCUT2D eigenvalue weighted by atomic mass is 16.5. The van der Waals surface area contributed by atoms with Crippen molar-refractivity contribution in [3.8, 4) is 0 Å². The Kier molecular flexibility index (Phi) is 3.78. The molecule has 1 aromatic rings. The molecule has 5 nitrogen and oxygen atoms in total. The molecule has 2 fully saturated rings. The van der Waals surface area contributed by atoms with Crippen molar-refractivity contribution >= 4 is 5.91 Å². The molecular weight excluding hydrogens is 254 g/mol. The molecule has 0 spiro atoms. The summed E-state index contributed by atoms with van der Waals surface area (Å²) in [5.41, 5.74) is 0.256. The number of rotatable bonds is 5. The monoisotopic (exact) mass is 277 g/mol. The van der Waals surface area contributed by atoms with Gasteiger partial charge >= 0.3 is 0 Å². The van der Waals surface area contributed by atoms with Crippen molar-refractivity contribution in [3.63, 3.8) is 0 Å². The number of aryl methyl sites for hydroxylation is 1.